The van der Waals surface area contributed by atoms with Crippen LogP contribution in [0.3, 0.4) is 0 Å². The minimum absolute atomic E-state index is 0.208. The van der Waals surface area contributed by atoms with Gasteiger partial charge in [0.2, 0.25) is 0 Å². The van der Waals surface area contributed by atoms with Gasteiger partial charge in [-0.3, -0.25) is 9.59 Å². The molecule has 0 aromatic heterocycles. The highest BCUT2D eigenvalue weighted by atomic mass is 16.6. The van der Waals surface area contributed by atoms with Crippen LogP contribution in [0.5, 0.6) is 0 Å². The van der Waals surface area contributed by atoms with Crippen molar-refractivity contribution in [1.29, 1.82) is 0 Å². The summed E-state index contributed by atoms with van der Waals surface area (Å²) in [5, 5.41) is 3.40. The van der Waals surface area contributed by atoms with Crippen LogP contribution in [0, 0.1) is 0 Å². The fraction of sp³-hybridized carbons (Fsp3) is 0.905. The third-order valence-corrected chi connectivity index (χ3v) is 4.12. The number of rotatable bonds is 17. The second kappa shape index (κ2) is 16.2. The van der Waals surface area contributed by atoms with E-state index in [1.807, 2.05) is 20.8 Å². The SMILES string of the molecule is CC(C)(C)OC(=O)CCCC(=O)CCCCCCCCCNCCCN. The van der Waals surface area contributed by atoms with Gasteiger partial charge >= 0.3 is 5.97 Å². The summed E-state index contributed by atoms with van der Waals surface area (Å²) < 4.78 is 5.24. The first kappa shape index (κ1) is 25.1. The summed E-state index contributed by atoms with van der Waals surface area (Å²) in [5.74, 6) is 0.0667. The summed E-state index contributed by atoms with van der Waals surface area (Å²) >= 11 is 0. The van der Waals surface area contributed by atoms with Crippen LogP contribution < -0.4 is 11.1 Å². The number of ketones is 1. The molecule has 0 bridgehead atoms. The van der Waals surface area contributed by atoms with Gasteiger partial charge in [0.25, 0.3) is 0 Å². The number of esters is 1. The number of nitrogens with one attached hydrogen (secondary N) is 1. The second-order valence-corrected chi connectivity index (χ2v) is 8.10. The van der Waals surface area contributed by atoms with E-state index in [0.717, 1.165) is 38.9 Å². The zero-order valence-electron chi connectivity index (χ0n) is 17.4. The number of carbonyl (C=O) groups excluding carboxylic acids is 2. The molecule has 0 aromatic rings. The molecule has 0 amide bonds. The Balaban J connectivity index is 3.33. The average molecular weight is 371 g/mol. The van der Waals surface area contributed by atoms with Crippen LogP contribution >= 0.6 is 0 Å². The number of Topliss-reactive ketones (excluding diaryl/α,β-unsaturated/α-hetero) is 1. The van der Waals surface area contributed by atoms with Gasteiger partial charge in [-0.05, 0) is 66.1 Å². The van der Waals surface area contributed by atoms with Crippen LogP contribution in [0.2, 0.25) is 0 Å². The van der Waals surface area contributed by atoms with Crippen molar-refractivity contribution in [2.24, 2.45) is 5.73 Å². The fourth-order valence-corrected chi connectivity index (χ4v) is 2.76. The number of unbranched alkanes of at least 4 members (excludes halogenated alkanes) is 6. The van der Waals surface area contributed by atoms with Crippen molar-refractivity contribution in [1.82, 2.24) is 5.32 Å². The second-order valence-electron chi connectivity index (χ2n) is 8.10. The maximum atomic E-state index is 11.8. The molecule has 0 saturated carbocycles. The lowest BCUT2D eigenvalue weighted by Crippen LogP contribution is -2.23. The Hall–Kier alpha value is -0.940. The van der Waals surface area contributed by atoms with E-state index in [1.54, 1.807) is 0 Å². The predicted octanol–water partition coefficient (Wildman–Crippen LogP) is 4.13. The molecule has 0 atom stereocenters. The molecule has 154 valence electrons. The van der Waals surface area contributed by atoms with Crippen molar-refractivity contribution in [3.8, 4) is 0 Å². The van der Waals surface area contributed by atoms with Crippen LogP contribution in [-0.4, -0.2) is 37.0 Å². The first-order valence-corrected chi connectivity index (χ1v) is 10.5. The lowest BCUT2D eigenvalue weighted by atomic mass is 10.0. The first-order chi connectivity index (χ1) is 12.3. The van der Waals surface area contributed by atoms with E-state index in [9.17, 15) is 9.59 Å². The van der Waals surface area contributed by atoms with Crippen molar-refractivity contribution < 1.29 is 14.3 Å². The van der Waals surface area contributed by atoms with Crippen LogP contribution in [0.1, 0.15) is 97.8 Å². The molecule has 0 spiro atoms. The zero-order chi connectivity index (χ0) is 19.7. The van der Waals surface area contributed by atoms with Crippen molar-refractivity contribution in [3.05, 3.63) is 0 Å². The predicted molar refractivity (Wildman–Crippen MR) is 108 cm³/mol. The standard InChI is InChI=1S/C21H42N2O3/c1-21(2,3)26-20(25)15-11-14-19(24)13-9-7-5-4-6-8-10-17-23-18-12-16-22/h23H,4-18,22H2,1-3H3. The van der Waals surface area contributed by atoms with Gasteiger partial charge in [-0.15, -0.1) is 0 Å². The average Bonchev–Trinajstić information content (AvgIpc) is 2.54. The maximum Gasteiger partial charge on any atom is 0.306 e. The Morgan fingerprint density at radius 2 is 1.31 bits per heavy atom. The molecule has 26 heavy (non-hydrogen) atoms. The summed E-state index contributed by atoms with van der Waals surface area (Å²) in [5.41, 5.74) is 5.00. The van der Waals surface area contributed by atoms with E-state index in [0.29, 0.717) is 25.7 Å². The summed E-state index contributed by atoms with van der Waals surface area (Å²) in [6.45, 7) is 8.46. The monoisotopic (exact) mass is 370 g/mol. The third kappa shape index (κ3) is 19.4. The lowest BCUT2D eigenvalue weighted by Gasteiger charge is -2.19. The van der Waals surface area contributed by atoms with E-state index in [-0.39, 0.29) is 11.8 Å². The van der Waals surface area contributed by atoms with Gasteiger partial charge in [-0.2, -0.15) is 0 Å². The van der Waals surface area contributed by atoms with Crippen LogP contribution in [0.4, 0.5) is 0 Å². The van der Waals surface area contributed by atoms with E-state index < -0.39 is 5.60 Å². The van der Waals surface area contributed by atoms with Crippen molar-refractivity contribution >= 4 is 11.8 Å². The molecule has 0 aliphatic rings. The van der Waals surface area contributed by atoms with Gasteiger partial charge in [0.1, 0.15) is 11.4 Å². The molecular formula is C21H42N2O3. The Kier molecular flexibility index (Phi) is 15.7. The molecule has 0 fully saturated rings. The van der Waals surface area contributed by atoms with Crippen molar-refractivity contribution in [3.63, 3.8) is 0 Å². The number of carbonyl (C=O) groups is 2. The third-order valence-electron chi connectivity index (χ3n) is 4.12. The quantitative estimate of drug-likeness (QED) is 0.297. The fourth-order valence-electron chi connectivity index (χ4n) is 2.76. The van der Waals surface area contributed by atoms with Gasteiger partial charge in [-0.25, -0.2) is 0 Å². The maximum absolute atomic E-state index is 11.8. The Labute approximate surface area is 160 Å². The van der Waals surface area contributed by atoms with Crippen LogP contribution in [0.25, 0.3) is 0 Å². The minimum atomic E-state index is -0.442. The molecular weight excluding hydrogens is 328 g/mol. The number of ether oxygens (including phenoxy) is 1. The van der Waals surface area contributed by atoms with Crippen molar-refractivity contribution in [2.45, 2.75) is 103 Å². The summed E-state index contributed by atoms with van der Waals surface area (Å²) in [7, 11) is 0. The molecule has 0 aliphatic carbocycles. The number of nitrogens with two attached hydrogens (primary N) is 1. The zero-order valence-corrected chi connectivity index (χ0v) is 17.4. The van der Waals surface area contributed by atoms with Crippen LogP contribution in [0.15, 0.2) is 0 Å². The smallest absolute Gasteiger partial charge is 0.306 e. The molecule has 0 rings (SSSR count). The Morgan fingerprint density at radius 3 is 1.92 bits per heavy atom. The van der Waals surface area contributed by atoms with E-state index in [4.69, 9.17) is 10.5 Å². The summed E-state index contributed by atoms with van der Waals surface area (Å²) in [4.78, 5) is 23.4. The lowest BCUT2D eigenvalue weighted by molar-refractivity contribution is -0.154. The molecule has 3 N–H and O–H groups in total. The van der Waals surface area contributed by atoms with E-state index in [2.05, 4.69) is 5.32 Å². The van der Waals surface area contributed by atoms with Gasteiger partial charge in [0.15, 0.2) is 0 Å². The molecule has 5 heteroatoms. The van der Waals surface area contributed by atoms with Gasteiger partial charge in [0.05, 0.1) is 0 Å². The molecule has 0 aliphatic heterocycles. The Bertz CT molecular complexity index is 365. The highest BCUT2D eigenvalue weighted by Crippen LogP contribution is 2.12. The van der Waals surface area contributed by atoms with Crippen molar-refractivity contribution in [2.75, 3.05) is 19.6 Å². The van der Waals surface area contributed by atoms with Gasteiger partial charge in [-0.1, -0.05) is 32.1 Å². The summed E-state index contributed by atoms with van der Waals surface area (Å²) in [6, 6.07) is 0. The molecule has 0 aromatic carbocycles. The molecule has 0 radical (unpaired) electrons. The van der Waals surface area contributed by atoms with Crippen LogP contribution in [-0.2, 0) is 14.3 Å². The molecule has 0 unspecified atom stereocenters. The van der Waals surface area contributed by atoms with Gasteiger partial charge in [0, 0.05) is 19.3 Å². The Morgan fingerprint density at radius 1 is 0.769 bits per heavy atom. The normalized spacial score (nSPS) is 11.5. The highest BCUT2D eigenvalue weighted by Gasteiger charge is 2.16. The number of hydrogen-bond donors (Lipinski definition) is 2. The highest BCUT2D eigenvalue weighted by molar-refractivity contribution is 5.79. The molecule has 0 saturated heterocycles. The number of hydrogen-bond acceptors (Lipinski definition) is 5. The minimum Gasteiger partial charge on any atom is -0.460 e. The first-order valence-electron chi connectivity index (χ1n) is 10.5. The topological polar surface area (TPSA) is 81.4 Å². The van der Waals surface area contributed by atoms with E-state index >= 15 is 0 Å². The largest absolute Gasteiger partial charge is 0.460 e. The molecule has 0 heterocycles. The van der Waals surface area contributed by atoms with Gasteiger partial charge < -0.3 is 15.8 Å². The summed E-state index contributed by atoms with van der Waals surface area (Å²) in [6.07, 6.45) is 11.5. The molecule has 5 nitrogen and oxygen atoms in total. The van der Waals surface area contributed by atoms with E-state index in [1.165, 1.54) is 32.1 Å².